The third kappa shape index (κ3) is 5.83. The molecule has 0 bridgehead atoms. The molecule has 3 heteroatoms. The van der Waals surface area contributed by atoms with Gasteiger partial charge in [0.05, 0.1) is 11.4 Å². The van der Waals surface area contributed by atoms with E-state index in [1.807, 2.05) is 41.8 Å². The lowest BCUT2D eigenvalue weighted by molar-refractivity contribution is 1.48. The number of nitrogens with one attached hydrogen (secondary N) is 1. The molecule has 1 heterocycles. The molecule has 0 fully saturated rings. The van der Waals surface area contributed by atoms with Gasteiger partial charge in [0.15, 0.2) is 0 Å². The Labute approximate surface area is 323 Å². The van der Waals surface area contributed by atoms with E-state index < -0.39 is 0 Å². The molecule has 0 aliphatic rings. The van der Waals surface area contributed by atoms with Gasteiger partial charge in [-0.3, -0.25) is 4.99 Å². The van der Waals surface area contributed by atoms with E-state index in [9.17, 15) is 5.41 Å². The minimum atomic E-state index is 0.399. The van der Waals surface area contributed by atoms with Crippen molar-refractivity contribution in [3.05, 3.63) is 211 Å². The van der Waals surface area contributed by atoms with Crippen LogP contribution < -0.4 is 0 Å². The van der Waals surface area contributed by atoms with E-state index in [0.29, 0.717) is 5.71 Å². The Morgan fingerprint density at radius 2 is 1.13 bits per heavy atom. The molecule has 0 atom stereocenters. The van der Waals surface area contributed by atoms with Gasteiger partial charge in [0.1, 0.15) is 0 Å². The molecule has 55 heavy (non-hydrogen) atoms. The molecule has 10 aromatic rings. The van der Waals surface area contributed by atoms with Crippen LogP contribution in [0.15, 0.2) is 199 Å². The largest absolute Gasteiger partial charge is 0.300 e. The summed E-state index contributed by atoms with van der Waals surface area (Å²) in [5.74, 6) is 0. The van der Waals surface area contributed by atoms with E-state index in [1.54, 1.807) is 0 Å². The van der Waals surface area contributed by atoms with Gasteiger partial charge in [0.2, 0.25) is 0 Å². The molecule has 10 rings (SSSR count). The molecule has 0 unspecified atom stereocenters. The second-order valence-corrected chi connectivity index (χ2v) is 14.9. The number of fused-ring (bicyclic) bond motifs is 7. The second kappa shape index (κ2) is 13.8. The Morgan fingerprint density at radius 3 is 1.93 bits per heavy atom. The quantitative estimate of drug-likeness (QED) is 0.0968. The average Bonchev–Trinajstić information content (AvgIpc) is 3.64. The first kappa shape index (κ1) is 32.7. The minimum Gasteiger partial charge on any atom is -0.300 e. The molecule has 0 radical (unpaired) electrons. The van der Waals surface area contributed by atoms with Crippen LogP contribution in [0.2, 0.25) is 0 Å². The van der Waals surface area contributed by atoms with Crippen molar-refractivity contribution in [1.82, 2.24) is 0 Å². The first-order valence-corrected chi connectivity index (χ1v) is 19.4. The Kier molecular flexibility index (Phi) is 8.20. The van der Waals surface area contributed by atoms with E-state index >= 15 is 0 Å². The van der Waals surface area contributed by atoms with Gasteiger partial charge >= 0.3 is 0 Å². The summed E-state index contributed by atoms with van der Waals surface area (Å²) in [6, 6.07) is 66.3. The van der Waals surface area contributed by atoms with Crippen molar-refractivity contribution in [3.8, 4) is 22.3 Å². The molecule has 2 nitrogen and oxygen atoms in total. The Morgan fingerprint density at radius 1 is 0.473 bits per heavy atom. The normalized spacial score (nSPS) is 12.1. The fourth-order valence-corrected chi connectivity index (χ4v) is 9.18. The lowest BCUT2D eigenvalue weighted by Crippen LogP contribution is -1.99. The fourth-order valence-electron chi connectivity index (χ4n) is 8.05. The fraction of sp³-hybridized carbons (Fsp3) is 0. The third-order valence-electron chi connectivity index (χ3n) is 10.6. The highest BCUT2D eigenvalue weighted by atomic mass is 32.1. The summed E-state index contributed by atoms with van der Waals surface area (Å²) in [4.78, 5) is 5.23. The van der Waals surface area contributed by atoms with Crippen molar-refractivity contribution >= 4 is 81.4 Å². The van der Waals surface area contributed by atoms with E-state index in [0.717, 1.165) is 44.1 Å². The number of hydrogen-bond donors (Lipinski definition) is 1. The maximum Gasteiger partial charge on any atom is 0.0736 e. The van der Waals surface area contributed by atoms with E-state index in [-0.39, 0.29) is 0 Å². The molecule has 0 amide bonds. The predicted octanol–water partition coefficient (Wildman–Crippen LogP) is 14.4. The lowest BCUT2D eigenvalue weighted by atomic mass is 9.85. The number of rotatable bonds is 7. The third-order valence-corrected chi connectivity index (χ3v) is 11.7. The highest BCUT2D eigenvalue weighted by Gasteiger charge is 2.20. The van der Waals surface area contributed by atoms with Crippen molar-refractivity contribution in [1.29, 1.82) is 5.41 Å². The second-order valence-electron chi connectivity index (χ2n) is 13.8. The Hall–Kier alpha value is -6.94. The minimum absolute atomic E-state index is 0.399. The van der Waals surface area contributed by atoms with E-state index in [4.69, 9.17) is 4.99 Å². The van der Waals surface area contributed by atoms with Crippen LogP contribution in [0, 0.1) is 5.41 Å². The standard InChI is InChI=1S/C52H34N2S/c53-45(37-28-26-36(27-29-37)39-23-13-25-48-51(39)43-22-11-12-24-47(43)55-48)32-46(54-33-34-14-3-1-4-15-34)50-42-21-10-9-20-41(42)49(38-17-5-2-6-18-38)52-40-19-8-7-16-35(40)30-31-44(50)52/h1-33,53H/b46-32-,53-45?,54-33?. The number of aliphatic imine (C=N–C) groups is 1. The maximum absolute atomic E-state index is 9.56. The molecule has 1 aromatic heterocycles. The topological polar surface area (TPSA) is 36.2 Å². The van der Waals surface area contributed by atoms with Crippen molar-refractivity contribution in [2.24, 2.45) is 4.99 Å². The zero-order valence-corrected chi connectivity index (χ0v) is 30.7. The molecule has 0 saturated heterocycles. The smallest absolute Gasteiger partial charge is 0.0736 e. The summed E-state index contributed by atoms with van der Waals surface area (Å²) < 4.78 is 2.58. The SMILES string of the molecule is N=C(/C=C(\N=Cc1ccccc1)c1c2ccccc2c(-c2ccccc2)c2c1ccc1ccccc12)c1ccc(-c2cccc3sc4ccccc4c23)cc1. The predicted molar refractivity (Wildman–Crippen MR) is 238 cm³/mol. The summed E-state index contributed by atoms with van der Waals surface area (Å²) in [6.07, 6.45) is 3.86. The van der Waals surface area contributed by atoms with Crippen LogP contribution in [-0.4, -0.2) is 11.9 Å². The monoisotopic (exact) mass is 718 g/mol. The average molecular weight is 719 g/mol. The van der Waals surface area contributed by atoms with E-state index in [1.165, 1.54) is 53.0 Å². The highest BCUT2D eigenvalue weighted by Crippen LogP contribution is 2.45. The zero-order valence-electron chi connectivity index (χ0n) is 29.9. The summed E-state index contributed by atoms with van der Waals surface area (Å²) in [6.45, 7) is 0. The molecule has 1 N–H and O–H groups in total. The molecule has 0 saturated carbocycles. The molecular formula is C52H34N2S. The van der Waals surface area contributed by atoms with Gasteiger partial charge in [-0.25, -0.2) is 0 Å². The first-order valence-electron chi connectivity index (χ1n) is 18.5. The zero-order chi connectivity index (χ0) is 36.7. The van der Waals surface area contributed by atoms with Crippen LogP contribution in [-0.2, 0) is 0 Å². The highest BCUT2D eigenvalue weighted by molar-refractivity contribution is 7.25. The molecular weight excluding hydrogens is 685 g/mol. The maximum atomic E-state index is 9.56. The summed E-state index contributed by atoms with van der Waals surface area (Å²) in [5.41, 5.74) is 8.71. The Balaban J connectivity index is 1.17. The summed E-state index contributed by atoms with van der Waals surface area (Å²) >= 11 is 1.83. The number of allylic oxidation sites excluding steroid dienone is 1. The van der Waals surface area contributed by atoms with Crippen LogP contribution in [0.1, 0.15) is 16.7 Å². The number of hydrogen-bond acceptors (Lipinski definition) is 3. The van der Waals surface area contributed by atoms with Gasteiger partial charge in [-0.1, -0.05) is 176 Å². The first-order chi connectivity index (χ1) is 27.2. The van der Waals surface area contributed by atoms with Crippen molar-refractivity contribution in [2.75, 3.05) is 0 Å². The van der Waals surface area contributed by atoms with Crippen LogP contribution >= 0.6 is 11.3 Å². The van der Waals surface area contributed by atoms with Crippen LogP contribution in [0.4, 0.5) is 0 Å². The summed E-state index contributed by atoms with van der Waals surface area (Å²) in [7, 11) is 0. The molecule has 0 spiro atoms. The van der Waals surface area contributed by atoms with Gasteiger partial charge in [0, 0.05) is 32.0 Å². The van der Waals surface area contributed by atoms with Crippen LogP contribution in [0.5, 0.6) is 0 Å². The lowest BCUT2D eigenvalue weighted by Gasteiger charge is -2.19. The Bertz CT molecular complexity index is 3140. The van der Waals surface area contributed by atoms with Crippen molar-refractivity contribution in [3.63, 3.8) is 0 Å². The van der Waals surface area contributed by atoms with Crippen LogP contribution in [0.25, 0.3) is 80.4 Å². The summed E-state index contributed by atoms with van der Waals surface area (Å²) in [5, 5.41) is 19.0. The van der Waals surface area contributed by atoms with Crippen molar-refractivity contribution in [2.45, 2.75) is 0 Å². The molecule has 258 valence electrons. The number of thiophene rings is 1. The van der Waals surface area contributed by atoms with Crippen molar-refractivity contribution < 1.29 is 0 Å². The molecule has 0 aliphatic carbocycles. The van der Waals surface area contributed by atoms with Gasteiger partial charge in [-0.2, -0.15) is 0 Å². The number of nitrogens with zero attached hydrogens (tertiary/aromatic N) is 1. The molecule has 0 aliphatic heterocycles. The van der Waals surface area contributed by atoms with Gasteiger partial charge in [-0.05, 0) is 83.9 Å². The van der Waals surface area contributed by atoms with Gasteiger partial charge < -0.3 is 5.41 Å². The van der Waals surface area contributed by atoms with Crippen LogP contribution in [0.3, 0.4) is 0 Å². The van der Waals surface area contributed by atoms with Gasteiger partial charge in [0.25, 0.3) is 0 Å². The van der Waals surface area contributed by atoms with E-state index in [2.05, 4.69) is 170 Å². The van der Waals surface area contributed by atoms with Gasteiger partial charge in [-0.15, -0.1) is 11.3 Å². The number of benzene rings is 9. The molecule has 9 aromatic carbocycles.